The first-order valence-corrected chi connectivity index (χ1v) is 6.69. The van der Waals surface area contributed by atoms with E-state index in [2.05, 4.69) is 10.1 Å². The monoisotopic (exact) mass is 301 g/mol. The van der Waals surface area contributed by atoms with Crippen LogP contribution in [0.3, 0.4) is 0 Å². The predicted octanol–water partition coefficient (Wildman–Crippen LogP) is 2.18. The third kappa shape index (κ3) is 4.64. The minimum absolute atomic E-state index is 0.00276. The van der Waals surface area contributed by atoms with E-state index in [1.165, 1.54) is 24.3 Å². The van der Waals surface area contributed by atoms with Gasteiger partial charge in [-0.3, -0.25) is 10.1 Å². The summed E-state index contributed by atoms with van der Waals surface area (Å²) in [6.07, 6.45) is 1.90. The van der Waals surface area contributed by atoms with Crippen LogP contribution in [0.1, 0.15) is 24.4 Å². The quantitative estimate of drug-likeness (QED) is 0.808. The fourth-order valence-electron chi connectivity index (χ4n) is 2.24. The number of alkyl halides is 2. The fourth-order valence-corrected chi connectivity index (χ4v) is 2.24. The summed E-state index contributed by atoms with van der Waals surface area (Å²) < 4.78 is 33.8. The number of aliphatic carboxylic acids is 1. The van der Waals surface area contributed by atoms with Crippen LogP contribution in [0.25, 0.3) is 0 Å². The van der Waals surface area contributed by atoms with E-state index in [-0.39, 0.29) is 11.9 Å². The first-order chi connectivity index (χ1) is 10.1. The summed E-state index contributed by atoms with van der Waals surface area (Å²) >= 11 is 0. The van der Waals surface area contributed by atoms with Crippen molar-refractivity contribution in [1.29, 1.82) is 0 Å². The number of benzene rings is 1. The van der Waals surface area contributed by atoms with E-state index in [1.54, 1.807) is 0 Å². The average molecular weight is 301 g/mol. The molecule has 0 saturated carbocycles. The molecule has 0 radical (unpaired) electrons. The SMILES string of the molecule is O=C(O)C(NCC1CCCO1)c1ccc(OC(F)F)cc1. The molecule has 2 atom stereocenters. The van der Waals surface area contributed by atoms with Gasteiger partial charge in [-0.2, -0.15) is 8.78 Å². The minimum atomic E-state index is -2.90. The zero-order valence-corrected chi connectivity index (χ0v) is 11.3. The van der Waals surface area contributed by atoms with Crippen LogP contribution in [0.5, 0.6) is 5.75 Å². The van der Waals surface area contributed by atoms with Gasteiger partial charge in [0.1, 0.15) is 11.8 Å². The van der Waals surface area contributed by atoms with E-state index < -0.39 is 18.6 Å². The highest BCUT2D eigenvalue weighted by atomic mass is 19.3. The molecule has 2 rings (SSSR count). The zero-order chi connectivity index (χ0) is 15.2. The molecule has 116 valence electrons. The predicted molar refractivity (Wildman–Crippen MR) is 70.4 cm³/mol. The van der Waals surface area contributed by atoms with Crippen LogP contribution in [0.15, 0.2) is 24.3 Å². The highest BCUT2D eigenvalue weighted by Gasteiger charge is 2.23. The second-order valence-electron chi connectivity index (χ2n) is 4.76. The number of hydrogen-bond donors (Lipinski definition) is 2. The van der Waals surface area contributed by atoms with Crippen molar-refractivity contribution in [2.24, 2.45) is 0 Å². The molecule has 1 saturated heterocycles. The molecule has 0 bridgehead atoms. The van der Waals surface area contributed by atoms with Gasteiger partial charge >= 0.3 is 12.6 Å². The molecule has 2 N–H and O–H groups in total. The van der Waals surface area contributed by atoms with Crippen molar-refractivity contribution >= 4 is 5.97 Å². The molecule has 0 aliphatic carbocycles. The highest BCUT2D eigenvalue weighted by molar-refractivity contribution is 5.75. The lowest BCUT2D eigenvalue weighted by molar-refractivity contribution is -0.139. The van der Waals surface area contributed by atoms with Gasteiger partial charge in [0.2, 0.25) is 0 Å². The van der Waals surface area contributed by atoms with E-state index in [0.717, 1.165) is 12.8 Å². The first-order valence-electron chi connectivity index (χ1n) is 6.69. The molecule has 1 fully saturated rings. The van der Waals surface area contributed by atoms with Crippen molar-refractivity contribution in [3.05, 3.63) is 29.8 Å². The van der Waals surface area contributed by atoms with Crippen LogP contribution in [-0.4, -0.2) is 36.9 Å². The fraction of sp³-hybridized carbons (Fsp3) is 0.500. The Bertz CT molecular complexity index is 461. The van der Waals surface area contributed by atoms with Crippen molar-refractivity contribution < 1.29 is 28.2 Å². The van der Waals surface area contributed by atoms with Crippen LogP contribution in [0.2, 0.25) is 0 Å². The minimum Gasteiger partial charge on any atom is -0.480 e. The Morgan fingerprint density at radius 2 is 2.14 bits per heavy atom. The van der Waals surface area contributed by atoms with Crippen molar-refractivity contribution in [1.82, 2.24) is 5.32 Å². The topological polar surface area (TPSA) is 67.8 Å². The maximum absolute atomic E-state index is 12.1. The second-order valence-corrected chi connectivity index (χ2v) is 4.76. The summed E-state index contributed by atoms with van der Waals surface area (Å²) in [5, 5.41) is 12.2. The number of halogens is 2. The summed E-state index contributed by atoms with van der Waals surface area (Å²) in [5.74, 6) is -1.03. The van der Waals surface area contributed by atoms with Gasteiger partial charge in [0.25, 0.3) is 0 Å². The number of carboxylic acid groups (broad SMARTS) is 1. The summed E-state index contributed by atoms with van der Waals surface area (Å²) in [6.45, 7) is -1.76. The Labute approximate surface area is 120 Å². The summed E-state index contributed by atoms with van der Waals surface area (Å²) in [4.78, 5) is 11.3. The van der Waals surface area contributed by atoms with Crippen molar-refractivity contribution in [3.8, 4) is 5.75 Å². The maximum Gasteiger partial charge on any atom is 0.387 e. The normalized spacial score (nSPS) is 19.7. The Kier molecular flexibility index (Phi) is 5.46. The molecule has 7 heteroatoms. The van der Waals surface area contributed by atoms with E-state index >= 15 is 0 Å². The molecule has 0 amide bonds. The Morgan fingerprint density at radius 1 is 1.43 bits per heavy atom. The smallest absolute Gasteiger partial charge is 0.387 e. The first kappa shape index (κ1) is 15.7. The van der Waals surface area contributed by atoms with Crippen LogP contribution in [-0.2, 0) is 9.53 Å². The summed E-state index contributed by atoms with van der Waals surface area (Å²) in [6, 6.07) is 4.66. The van der Waals surface area contributed by atoms with Crippen molar-refractivity contribution in [2.45, 2.75) is 31.6 Å². The van der Waals surface area contributed by atoms with Gasteiger partial charge in [0.05, 0.1) is 6.10 Å². The van der Waals surface area contributed by atoms with Crippen molar-refractivity contribution in [2.75, 3.05) is 13.2 Å². The lowest BCUT2D eigenvalue weighted by atomic mass is 10.1. The molecule has 1 aromatic carbocycles. The largest absolute Gasteiger partial charge is 0.480 e. The van der Waals surface area contributed by atoms with Gasteiger partial charge < -0.3 is 14.6 Å². The lowest BCUT2D eigenvalue weighted by Gasteiger charge is -2.18. The maximum atomic E-state index is 12.1. The number of carboxylic acids is 1. The van der Waals surface area contributed by atoms with Gasteiger partial charge in [-0.15, -0.1) is 0 Å². The molecule has 1 aromatic rings. The van der Waals surface area contributed by atoms with E-state index in [1.807, 2.05) is 0 Å². The van der Waals surface area contributed by atoms with E-state index in [9.17, 15) is 18.7 Å². The zero-order valence-electron chi connectivity index (χ0n) is 11.3. The molecule has 1 aliphatic heterocycles. The summed E-state index contributed by atoms with van der Waals surface area (Å²) in [5.41, 5.74) is 0.474. The molecule has 21 heavy (non-hydrogen) atoms. The second kappa shape index (κ2) is 7.33. The third-order valence-electron chi connectivity index (χ3n) is 3.26. The lowest BCUT2D eigenvalue weighted by Crippen LogP contribution is -2.34. The molecule has 1 aliphatic rings. The number of nitrogens with one attached hydrogen (secondary N) is 1. The number of ether oxygens (including phenoxy) is 2. The van der Waals surface area contributed by atoms with Gasteiger partial charge in [-0.05, 0) is 30.5 Å². The Hall–Kier alpha value is -1.73. The average Bonchev–Trinajstić information content (AvgIpc) is 2.93. The standard InChI is InChI=1S/C14H17F2NO4/c15-14(16)21-10-5-3-9(4-6-10)12(13(18)19)17-8-11-2-1-7-20-11/h3-6,11-12,14,17H,1-2,7-8H2,(H,18,19). The molecule has 5 nitrogen and oxygen atoms in total. The van der Waals surface area contributed by atoms with Crippen LogP contribution in [0, 0.1) is 0 Å². The van der Waals surface area contributed by atoms with Gasteiger partial charge in [0, 0.05) is 13.2 Å². The van der Waals surface area contributed by atoms with Gasteiger partial charge in [-0.1, -0.05) is 12.1 Å². The van der Waals surface area contributed by atoms with Gasteiger partial charge in [0.15, 0.2) is 0 Å². The van der Waals surface area contributed by atoms with Crippen LogP contribution >= 0.6 is 0 Å². The molecule has 1 heterocycles. The van der Waals surface area contributed by atoms with Crippen molar-refractivity contribution in [3.63, 3.8) is 0 Å². The molecule has 0 spiro atoms. The van der Waals surface area contributed by atoms with Crippen LogP contribution < -0.4 is 10.1 Å². The third-order valence-corrected chi connectivity index (χ3v) is 3.26. The number of hydrogen-bond acceptors (Lipinski definition) is 4. The molecule has 0 aromatic heterocycles. The van der Waals surface area contributed by atoms with E-state index in [0.29, 0.717) is 18.7 Å². The van der Waals surface area contributed by atoms with Gasteiger partial charge in [-0.25, -0.2) is 0 Å². The molecular formula is C14H17F2NO4. The highest BCUT2D eigenvalue weighted by Crippen LogP contribution is 2.20. The Balaban J connectivity index is 1.98. The molecular weight excluding hydrogens is 284 g/mol. The Morgan fingerprint density at radius 3 is 2.67 bits per heavy atom. The summed E-state index contributed by atoms with van der Waals surface area (Å²) in [7, 11) is 0. The van der Waals surface area contributed by atoms with Crippen LogP contribution in [0.4, 0.5) is 8.78 Å². The number of carbonyl (C=O) groups is 1. The molecule has 2 unspecified atom stereocenters. The number of rotatable bonds is 7. The van der Waals surface area contributed by atoms with E-state index in [4.69, 9.17) is 4.74 Å².